The van der Waals surface area contributed by atoms with Crippen LogP contribution in [0.15, 0.2) is 83.9 Å². The number of hydrogen-bond acceptors (Lipinski definition) is 4. The highest BCUT2D eigenvalue weighted by Crippen LogP contribution is 2.25. The molecule has 0 aliphatic rings. The minimum Gasteiger partial charge on any atom is -0.489 e. The van der Waals surface area contributed by atoms with Crippen molar-refractivity contribution in [2.75, 3.05) is 18.2 Å². The molecule has 3 rings (SSSR count). The maximum absolute atomic E-state index is 9.19. The molecular formula is C26H33N3O4S. The predicted octanol–water partition coefficient (Wildman–Crippen LogP) is 5.15. The minimum atomic E-state index is -3.67. The number of ether oxygens (including phenoxy) is 1. The second kappa shape index (κ2) is 11.7. The van der Waals surface area contributed by atoms with Crippen molar-refractivity contribution in [3.05, 3.63) is 90.0 Å². The molecule has 0 amide bonds. The Morgan fingerprint density at radius 2 is 1.50 bits per heavy atom. The lowest BCUT2D eigenvalue weighted by Crippen LogP contribution is -2.33. The first kappa shape index (κ1) is 26.9. The van der Waals surface area contributed by atoms with Gasteiger partial charge in [0.1, 0.15) is 12.4 Å². The number of anilines is 1. The molecule has 182 valence electrons. The van der Waals surface area contributed by atoms with Crippen LogP contribution in [-0.2, 0) is 22.1 Å². The quantitative estimate of drug-likeness (QED) is 0.295. The van der Waals surface area contributed by atoms with Crippen LogP contribution in [0.2, 0.25) is 0 Å². The van der Waals surface area contributed by atoms with Crippen molar-refractivity contribution in [3.8, 4) is 5.75 Å². The number of guanidine groups is 1. The number of benzene rings is 3. The van der Waals surface area contributed by atoms with E-state index in [0.717, 1.165) is 22.7 Å². The zero-order chi connectivity index (χ0) is 25.4. The summed E-state index contributed by atoms with van der Waals surface area (Å²) in [5, 5.41) is 0. The first-order valence-electron chi connectivity index (χ1n) is 10.7. The molecule has 0 heterocycles. The van der Waals surface area contributed by atoms with Crippen LogP contribution in [0, 0.1) is 0 Å². The van der Waals surface area contributed by atoms with Crippen LogP contribution in [0.25, 0.3) is 0 Å². The molecular weight excluding hydrogens is 450 g/mol. The maximum atomic E-state index is 9.19. The summed E-state index contributed by atoms with van der Waals surface area (Å²) in [5.41, 5.74) is 10.6. The zero-order valence-corrected chi connectivity index (χ0v) is 21.1. The molecule has 7 nitrogen and oxygen atoms in total. The number of rotatable bonds is 5. The molecule has 0 fully saturated rings. The Morgan fingerprint density at radius 3 is 2.00 bits per heavy atom. The molecule has 3 aromatic rings. The van der Waals surface area contributed by atoms with Gasteiger partial charge in [-0.25, -0.2) is 4.99 Å². The van der Waals surface area contributed by atoms with Crippen molar-refractivity contribution in [2.45, 2.75) is 32.8 Å². The molecule has 0 spiro atoms. The summed E-state index contributed by atoms with van der Waals surface area (Å²) in [5.74, 6) is 1.24. The molecule has 3 N–H and O–H groups in total. The SMILES string of the molecule is CN(C(N)=Nc1ccc(OCc2ccccc2)cc1)c1ccc(C(C)(C)C)cc1.CS(=O)(=O)O. The average molecular weight is 484 g/mol. The largest absolute Gasteiger partial charge is 0.489 e. The summed E-state index contributed by atoms with van der Waals surface area (Å²) in [6.45, 7) is 7.15. The third-order valence-corrected chi connectivity index (χ3v) is 4.79. The smallest absolute Gasteiger partial charge is 0.261 e. The lowest BCUT2D eigenvalue weighted by molar-refractivity contribution is 0.306. The van der Waals surface area contributed by atoms with Crippen LogP contribution in [0.5, 0.6) is 5.75 Å². The summed E-state index contributed by atoms with van der Waals surface area (Å²) in [4.78, 5) is 6.41. The summed E-state index contributed by atoms with van der Waals surface area (Å²) in [6, 6.07) is 26.2. The monoisotopic (exact) mass is 483 g/mol. The summed E-state index contributed by atoms with van der Waals surface area (Å²) in [7, 11) is -1.75. The van der Waals surface area contributed by atoms with Crippen molar-refractivity contribution in [3.63, 3.8) is 0 Å². The highest BCUT2D eigenvalue weighted by Gasteiger charge is 2.14. The Labute approximate surface area is 202 Å². The van der Waals surface area contributed by atoms with Gasteiger partial charge in [0.2, 0.25) is 5.96 Å². The van der Waals surface area contributed by atoms with E-state index in [0.29, 0.717) is 18.8 Å². The van der Waals surface area contributed by atoms with Gasteiger partial charge in [0.15, 0.2) is 0 Å². The molecule has 34 heavy (non-hydrogen) atoms. The van der Waals surface area contributed by atoms with Crippen LogP contribution in [0.3, 0.4) is 0 Å². The van der Waals surface area contributed by atoms with E-state index in [9.17, 15) is 8.42 Å². The lowest BCUT2D eigenvalue weighted by atomic mass is 9.87. The van der Waals surface area contributed by atoms with E-state index in [4.69, 9.17) is 15.0 Å². The lowest BCUT2D eigenvalue weighted by Gasteiger charge is -2.22. The van der Waals surface area contributed by atoms with Gasteiger partial charge in [-0.2, -0.15) is 8.42 Å². The third kappa shape index (κ3) is 9.64. The summed E-state index contributed by atoms with van der Waals surface area (Å²) in [6.07, 6.45) is 0.715. The molecule has 0 saturated heterocycles. The Kier molecular flexibility index (Phi) is 9.23. The molecule has 0 aliphatic carbocycles. The molecule has 3 aromatic carbocycles. The van der Waals surface area contributed by atoms with Crippen molar-refractivity contribution < 1.29 is 17.7 Å². The maximum Gasteiger partial charge on any atom is 0.261 e. The highest BCUT2D eigenvalue weighted by molar-refractivity contribution is 7.85. The molecule has 0 aliphatic heterocycles. The fourth-order valence-electron chi connectivity index (χ4n) is 2.88. The number of aliphatic imine (C=N–C) groups is 1. The van der Waals surface area contributed by atoms with Gasteiger partial charge in [0, 0.05) is 12.7 Å². The van der Waals surface area contributed by atoms with Gasteiger partial charge in [-0.05, 0) is 52.9 Å². The number of hydrogen-bond donors (Lipinski definition) is 2. The van der Waals surface area contributed by atoms with Gasteiger partial charge in [0.25, 0.3) is 10.1 Å². The van der Waals surface area contributed by atoms with Crippen LogP contribution in [0.1, 0.15) is 31.9 Å². The van der Waals surface area contributed by atoms with E-state index in [-0.39, 0.29) is 5.41 Å². The van der Waals surface area contributed by atoms with E-state index in [1.165, 1.54) is 5.56 Å². The normalized spacial score (nSPS) is 11.9. The zero-order valence-electron chi connectivity index (χ0n) is 20.3. The fourth-order valence-corrected chi connectivity index (χ4v) is 2.88. The van der Waals surface area contributed by atoms with Gasteiger partial charge in [-0.1, -0.05) is 63.2 Å². The van der Waals surface area contributed by atoms with E-state index in [2.05, 4.69) is 50.0 Å². The molecule has 0 radical (unpaired) electrons. The van der Waals surface area contributed by atoms with E-state index >= 15 is 0 Å². The molecule has 0 bridgehead atoms. The van der Waals surface area contributed by atoms with Crippen LogP contribution >= 0.6 is 0 Å². The first-order chi connectivity index (χ1) is 15.8. The van der Waals surface area contributed by atoms with Crippen LogP contribution < -0.4 is 15.4 Å². The second-order valence-corrected chi connectivity index (χ2v) is 10.3. The Balaban J connectivity index is 0.000000739. The van der Waals surface area contributed by atoms with Crippen molar-refractivity contribution in [1.29, 1.82) is 0 Å². The second-order valence-electron chi connectivity index (χ2n) is 8.83. The number of nitrogens with two attached hydrogens (primary N) is 1. The molecule has 0 unspecified atom stereocenters. The van der Waals surface area contributed by atoms with E-state index < -0.39 is 10.1 Å². The Bertz CT molecular complexity index is 1160. The summed E-state index contributed by atoms with van der Waals surface area (Å²) >= 11 is 0. The van der Waals surface area contributed by atoms with Gasteiger partial charge >= 0.3 is 0 Å². The van der Waals surface area contributed by atoms with Gasteiger partial charge in [-0.3, -0.25) is 4.55 Å². The van der Waals surface area contributed by atoms with E-state index in [1.807, 2.05) is 66.5 Å². The number of nitrogens with zero attached hydrogens (tertiary/aromatic N) is 2. The van der Waals surface area contributed by atoms with E-state index in [1.54, 1.807) is 0 Å². The third-order valence-electron chi connectivity index (χ3n) is 4.79. The topological polar surface area (TPSA) is 105 Å². The minimum absolute atomic E-state index is 0.126. The average Bonchev–Trinajstić information content (AvgIpc) is 2.77. The fraction of sp³-hybridized carbons (Fsp3) is 0.269. The summed E-state index contributed by atoms with van der Waals surface area (Å²) < 4.78 is 31.7. The molecule has 0 aromatic heterocycles. The van der Waals surface area contributed by atoms with Crippen LogP contribution in [-0.4, -0.2) is 32.2 Å². The van der Waals surface area contributed by atoms with Gasteiger partial charge in [-0.15, -0.1) is 0 Å². The van der Waals surface area contributed by atoms with Crippen molar-refractivity contribution in [2.24, 2.45) is 10.7 Å². The highest BCUT2D eigenvalue weighted by atomic mass is 32.2. The van der Waals surface area contributed by atoms with Crippen LogP contribution in [0.4, 0.5) is 11.4 Å². The van der Waals surface area contributed by atoms with Gasteiger partial charge in [0.05, 0.1) is 11.9 Å². The first-order valence-corrected chi connectivity index (χ1v) is 12.6. The van der Waals surface area contributed by atoms with Crippen molar-refractivity contribution in [1.82, 2.24) is 0 Å². The Hall–Kier alpha value is -3.36. The van der Waals surface area contributed by atoms with Gasteiger partial charge < -0.3 is 15.4 Å². The molecule has 8 heteroatoms. The van der Waals surface area contributed by atoms with Crippen molar-refractivity contribution >= 4 is 27.5 Å². The predicted molar refractivity (Wildman–Crippen MR) is 140 cm³/mol. The molecule has 0 atom stereocenters. The Morgan fingerprint density at radius 1 is 0.971 bits per heavy atom. The molecule has 0 saturated carbocycles. The standard InChI is InChI=1S/C25H29N3O.CH4O3S/c1-25(2,3)20-10-14-22(15-11-20)28(4)24(26)27-21-12-16-23(17-13-21)29-18-19-8-6-5-7-9-19;1-5(2,3)4/h5-17H,18H2,1-4H3,(H2,26,27);1H3,(H,2,3,4).